The first-order valence-electron chi connectivity index (χ1n) is 11.3. The first kappa shape index (κ1) is 23.7. The Labute approximate surface area is 203 Å². The van der Waals surface area contributed by atoms with Gasteiger partial charge in [0.05, 0.1) is 16.8 Å². The summed E-state index contributed by atoms with van der Waals surface area (Å²) in [6.07, 6.45) is -0.643. The van der Waals surface area contributed by atoms with E-state index in [0.29, 0.717) is 43.5 Å². The summed E-state index contributed by atoms with van der Waals surface area (Å²) in [7, 11) is 0. The molecule has 1 aliphatic carbocycles. The molecule has 10 nitrogen and oxygen atoms in total. The van der Waals surface area contributed by atoms with Crippen molar-refractivity contribution in [2.45, 2.75) is 51.1 Å². The summed E-state index contributed by atoms with van der Waals surface area (Å²) in [6, 6.07) is 4.92. The summed E-state index contributed by atoms with van der Waals surface area (Å²) in [5.74, 6) is -2.58. The Morgan fingerprint density at radius 3 is 2.64 bits per heavy atom. The number of Topliss-reactive ketones (excluding diaryl/α,β-unsaturated/α-hetero) is 1. The third-order valence-corrected chi connectivity index (χ3v) is 6.49. The van der Waals surface area contributed by atoms with Crippen molar-refractivity contribution < 1.29 is 32.3 Å². The van der Waals surface area contributed by atoms with Crippen LogP contribution in [0.4, 0.5) is 18.9 Å². The Hall–Kier alpha value is -4.00. The summed E-state index contributed by atoms with van der Waals surface area (Å²) >= 11 is 0. The number of hydrogen-bond donors (Lipinski definition) is 5. The van der Waals surface area contributed by atoms with Crippen molar-refractivity contribution in [2.24, 2.45) is 0 Å². The first-order chi connectivity index (χ1) is 17.1. The van der Waals surface area contributed by atoms with Crippen molar-refractivity contribution >= 4 is 23.3 Å². The summed E-state index contributed by atoms with van der Waals surface area (Å²) in [5, 5.41) is 5.39. The van der Waals surface area contributed by atoms with Gasteiger partial charge in [-0.25, -0.2) is 0 Å². The molecule has 3 aliphatic rings. The zero-order valence-corrected chi connectivity index (χ0v) is 19.1. The fourth-order valence-corrected chi connectivity index (χ4v) is 4.75. The highest BCUT2D eigenvalue weighted by Crippen LogP contribution is 2.41. The minimum atomic E-state index is -4.87. The number of anilines is 1. The average Bonchev–Trinajstić information content (AvgIpc) is 3.16. The quantitative estimate of drug-likeness (QED) is 0.289. The first-order valence-corrected chi connectivity index (χ1v) is 11.3. The molecule has 5 rings (SSSR count). The maximum atomic E-state index is 13.3. The molecule has 0 radical (unpaired) electrons. The number of rotatable bonds is 7. The molecule has 36 heavy (non-hydrogen) atoms. The number of hydrogen-bond acceptors (Lipinski definition) is 7. The number of carbonyl (C=O) groups is 3. The number of amides is 2. The van der Waals surface area contributed by atoms with Crippen LogP contribution in [0.15, 0.2) is 36.2 Å². The standard InChI is InChI=1S/C23H23F3N6O4/c1-12-17(19(33)21(35)29-22(7-8-22)16-11-27-31-30-16)15-6-3-9-32(15)18(12)20(34)28-13-4-2-5-14(10-13)36-23(24,25)26/h2,4-5,10-11,27,30-31H,3,6-9H2,1H3,(H,28,34)(H,29,35). The van der Waals surface area contributed by atoms with Crippen LogP contribution >= 0.6 is 0 Å². The number of nitrogens with one attached hydrogen (secondary N) is 5. The molecule has 1 aromatic carbocycles. The molecule has 190 valence electrons. The number of hydrazine groups is 2. The van der Waals surface area contributed by atoms with Crippen LogP contribution in [-0.2, 0) is 17.8 Å². The molecule has 2 amide bonds. The number of nitrogens with zero attached hydrogens (tertiary/aromatic N) is 1. The van der Waals surface area contributed by atoms with Gasteiger partial charge in [-0.2, -0.15) is 5.53 Å². The van der Waals surface area contributed by atoms with E-state index >= 15 is 0 Å². The summed E-state index contributed by atoms with van der Waals surface area (Å²) in [6.45, 7) is 2.06. The Balaban J connectivity index is 1.38. The molecule has 0 saturated heterocycles. The van der Waals surface area contributed by atoms with Crippen LogP contribution < -0.4 is 31.8 Å². The highest BCUT2D eigenvalue weighted by Gasteiger charge is 2.50. The van der Waals surface area contributed by atoms with E-state index in [4.69, 9.17) is 0 Å². The predicted octanol–water partition coefficient (Wildman–Crippen LogP) is 2.18. The molecule has 1 aromatic heterocycles. The van der Waals surface area contributed by atoms with E-state index in [1.54, 1.807) is 17.7 Å². The van der Waals surface area contributed by atoms with E-state index in [1.807, 2.05) is 0 Å². The Bertz CT molecular complexity index is 1300. The number of ketones is 1. The number of alkyl halides is 3. The van der Waals surface area contributed by atoms with E-state index in [0.717, 1.165) is 17.8 Å². The fraction of sp³-hybridized carbons (Fsp3) is 0.348. The van der Waals surface area contributed by atoms with Crippen LogP contribution in [0.2, 0.25) is 0 Å². The minimum Gasteiger partial charge on any atom is -0.406 e. The van der Waals surface area contributed by atoms with Crippen LogP contribution in [0.3, 0.4) is 0 Å². The molecule has 0 bridgehead atoms. The van der Waals surface area contributed by atoms with Crippen molar-refractivity contribution in [2.75, 3.05) is 5.32 Å². The fourth-order valence-electron chi connectivity index (χ4n) is 4.75. The van der Waals surface area contributed by atoms with Gasteiger partial charge in [0.2, 0.25) is 0 Å². The number of fused-ring (bicyclic) bond motifs is 1. The molecule has 1 fully saturated rings. The van der Waals surface area contributed by atoms with Crippen LogP contribution in [0.25, 0.3) is 0 Å². The van der Waals surface area contributed by atoms with E-state index in [-0.39, 0.29) is 16.9 Å². The van der Waals surface area contributed by atoms with Gasteiger partial charge >= 0.3 is 6.36 Å². The Morgan fingerprint density at radius 2 is 1.97 bits per heavy atom. The molecule has 0 spiro atoms. The van der Waals surface area contributed by atoms with Gasteiger partial charge in [-0.15, -0.1) is 13.2 Å². The molecule has 0 atom stereocenters. The van der Waals surface area contributed by atoms with Gasteiger partial charge in [-0.3, -0.25) is 14.4 Å². The highest BCUT2D eigenvalue weighted by molar-refractivity contribution is 6.44. The molecular formula is C23H23F3N6O4. The molecule has 2 aliphatic heterocycles. The van der Waals surface area contributed by atoms with Gasteiger partial charge in [0, 0.05) is 30.2 Å². The third-order valence-electron chi connectivity index (χ3n) is 6.49. The maximum absolute atomic E-state index is 13.3. The van der Waals surface area contributed by atoms with Gasteiger partial charge in [0.1, 0.15) is 11.4 Å². The lowest BCUT2D eigenvalue weighted by atomic mass is 10.0. The summed E-state index contributed by atoms with van der Waals surface area (Å²) in [4.78, 5) is 39.4. The van der Waals surface area contributed by atoms with Crippen molar-refractivity contribution in [1.82, 2.24) is 26.3 Å². The van der Waals surface area contributed by atoms with Gasteiger partial charge in [-0.1, -0.05) is 6.07 Å². The van der Waals surface area contributed by atoms with Crippen molar-refractivity contribution in [3.05, 3.63) is 58.7 Å². The lowest BCUT2D eigenvalue weighted by molar-refractivity contribution is -0.274. The van der Waals surface area contributed by atoms with Crippen LogP contribution in [0, 0.1) is 6.92 Å². The molecule has 2 aromatic rings. The monoisotopic (exact) mass is 504 g/mol. The lowest BCUT2D eigenvalue weighted by Crippen LogP contribution is -2.46. The second-order valence-corrected chi connectivity index (χ2v) is 8.90. The van der Waals surface area contributed by atoms with Gasteiger partial charge in [0.25, 0.3) is 17.6 Å². The van der Waals surface area contributed by atoms with Crippen molar-refractivity contribution in [1.29, 1.82) is 0 Å². The Kier molecular flexibility index (Phi) is 5.66. The number of benzene rings is 1. The van der Waals surface area contributed by atoms with E-state index < -0.39 is 35.2 Å². The topological polar surface area (TPSA) is 126 Å². The van der Waals surface area contributed by atoms with Crippen LogP contribution in [-0.4, -0.2) is 34.1 Å². The van der Waals surface area contributed by atoms with Gasteiger partial charge < -0.3 is 30.8 Å². The molecule has 5 N–H and O–H groups in total. The largest absolute Gasteiger partial charge is 0.573 e. The van der Waals surface area contributed by atoms with Crippen molar-refractivity contribution in [3.8, 4) is 5.75 Å². The van der Waals surface area contributed by atoms with Crippen molar-refractivity contribution in [3.63, 3.8) is 0 Å². The van der Waals surface area contributed by atoms with Crippen LogP contribution in [0.1, 0.15) is 51.4 Å². The normalized spacial score (nSPS) is 17.4. The molecule has 0 unspecified atom stereocenters. The molecule has 13 heteroatoms. The van der Waals surface area contributed by atoms with Gasteiger partial charge in [0.15, 0.2) is 0 Å². The number of aromatic nitrogens is 1. The zero-order chi connectivity index (χ0) is 25.7. The number of ether oxygens (including phenoxy) is 1. The van der Waals surface area contributed by atoms with E-state index in [9.17, 15) is 27.6 Å². The van der Waals surface area contributed by atoms with Crippen LogP contribution in [0.5, 0.6) is 5.75 Å². The van der Waals surface area contributed by atoms with E-state index in [2.05, 4.69) is 31.8 Å². The third kappa shape index (κ3) is 4.37. The lowest BCUT2D eigenvalue weighted by Gasteiger charge is -2.18. The summed E-state index contributed by atoms with van der Waals surface area (Å²) in [5.41, 5.74) is 9.86. The zero-order valence-electron chi connectivity index (χ0n) is 19.1. The highest BCUT2D eigenvalue weighted by atomic mass is 19.4. The second-order valence-electron chi connectivity index (χ2n) is 8.90. The average molecular weight is 504 g/mol. The predicted molar refractivity (Wildman–Crippen MR) is 120 cm³/mol. The van der Waals surface area contributed by atoms with E-state index in [1.165, 1.54) is 12.1 Å². The smallest absolute Gasteiger partial charge is 0.406 e. The maximum Gasteiger partial charge on any atom is 0.573 e. The number of carbonyl (C=O) groups excluding carboxylic acids is 3. The molecule has 3 heterocycles. The minimum absolute atomic E-state index is 0.0931. The summed E-state index contributed by atoms with van der Waals surface area (Å²) < 4.78 is 43.3. The molecule has 1 saturated carbocycles. The Morgan fingerprint density at radius 1 is 1.19 bits per heavy atom. The van der Waals surface area contributed by atoms with Gasteiger partial charge in [-0.05, 0) is 50.3 Å². The molecular weight excluding hydrogens is 481 g/mol. The second kappa shape index (κ2) is 8.59. The SMILES string of the molecule is Cc1c(C(=O)C(=O)NC2(C3=CNNN3)CC2)c2n(c1C(=O)Nc1cccc(OC(F)(F)F)c1)CCC2. The number of halogens is 3.